The summed E-state index contributed by atoms with van der Waals surface area (Å²) in [7, 11) is 1.47. The van der Waals surface area contributed by atoms with Gasteiger partial charge in [-0.05, 0) is 12.8 Å². The summed E-state index contributed by atoms with van der Waals surface area (Å²) >= 11 is 0. The van der Waals surface area contributed by atoms with Crippen LogP contribution in [0.3, 0.4) is 0 Å². The minimum Gasteiger partial charge on any atom is -0.469 e. The van der Waals surface area contributed by atoms with Crippen LogP contribution in [0.2, 0.25) is 0 Å². The average molecular weight is 170 g/mol. The largest absolute Gasteiger partial charge is 0.469 e. The first-order valence-corrected chi connectivity index (χ1v) is 4.42. The quantitative estimate of drug-likeness (QED) is 0.446. The first-order chi connectivity index (χ1) is 5.84. The fraction of sp³-hybridized carbons (Fsp3) is 0.700. The lowest BCUT2D eigenvalue weighted by molar-refractivity contribution is -0.146. The summed E-state index contributed by atoms with van der Waals surface area (Å²) in [6.07, 6.45) is 5.74. The second-order valence-corrected chi connectivity index (χ2v) is 2.86. The molecular weight excluding hydrogens is 152 g/mol. The van der Waals surface area contributed by atoms with Gasteiger partial charge in [0, 0.05) is 0 Å². The Morgan fingerprint density at radius 1 is 1.25 bits per heavy atom. The zero-order valence-electron chi connectivity index (χ0n) is 7.84. The van der Waals surface area contributed by atoms with E-state index in [4.69, 9.17) is 0 Å². The van der Waals surface area contributed by atoms with Crippen LogP contribution < -0.4 is 0 Å². The Labute approximate surface area is 74.6 Å². The van der Waals surface area contributed by atoms with Gasteiger partial charge in [-0.25, -0.2) is 0 Å². The fourth-order valence-electron chi connectivity index (χ4n) is 1.50. The van der Waals surface area contributed by atoms with E-state index >= 15 is 0 Å². The number of ether oxygens (including phenoxy) is 1. The molecule has 0 saturated heterocycles. The normalized spacial score (nSPS) is 17.4. The van der Waals surface area contributed by atoms with E-state index in [9.17, 15) is 4.79 Å². The second kappa shape index (κ2) is 6.89. The van der Waals surface area contributed by atoms with Gasteiger partial charge in [0.1, 0.15) is 0 Å². The van der Waals surface area contributed by atoms with Crippen molar-refractivity contribution in [2.75, 3.05) is 7.11 Å². The maximum absolute atomic E-state index is 10.9. The molecule has 2 heteroatoms. The lowest BCUT2D eigenvalue weighted by Crippen LogP contribution is -2.18. The Hall–Kier alpha value is -0.790. The van der Waals surface area contributed by atoms with E-state index in [0.29, 0.717) is 0 Å². The molecule has 0 heterocycles. The standard InChI is InChI=1S/C8H14O2.C2H4/c1-10-8(9)7-5-3-2-4-6-7;1-2/h7H,2-6H2,1H3;1-2H2. The van der Waals surface area contributed by atoms with Gasteiger partial charge in [0.15, 0.2) is 0 Å². The third kappa shape index (κ3) is 3.56. The van der Waals surface area contributed by atoms with Crippen molar-refractivity contribution in [3.05, 3.63) is 13.2 Å². The molecule has 1 rings (SSSR count). The maximum atomic E-state index is 10.9. The van der Waals surface area contributed by atoms with Crippen molar-refractivity contribution in [2.24, 2.45) is 5.92 Å². The molecule has 0 aromatic carbocycles. The van der Waals surface area contributed by atoms with Crippen molar-refractivity contribution < 1.29 is 9.53 Å². The summed E-state index contributed by atoms with van der Waals surface area (Å²) in [5.74, 6) is 0.193. The molecule has 70 valence electrons. The van der Waals surface area contributed by atoms with Gasteiger partial charge in [-0.3, -0.25) is 4.79 Å². The first-order valence-electron chi connectivity index (χ1n) is 4.42. The van der Waals surface area contributed by atoms with Crippen molar-refractivity contribution in [1.29, 1.82) is 0 Å². The molecule has 12 heavy (non-hydrogen) atoms. The highest BCUT2D eigenvalue weighted by atomic mass is 16.5. The van der Waals surface area contributed by atoms with E-state index in [1.54, 1.807) is 0 Å². The highest BCUT2D eigenvalue weighted by Gasteiger charge is 2.20. The fourth-order valence-corrected chi connectivity index (χ4v) is 1.50. The third-order valence-electron chi connectivity index (χ3n) is 2.14. The van der Waals surface area contributed by atoms with Gasteiger partial charge in [-0.2, -0.15) is 0 Å². The molecule has 0 aromatic heterocycles. The summed E-state index contributed by atoms with van der Waals surface area (Å²) < 4.78 is 4.65. The van der Waals surface area contributed by atoms with Crippen LogP contribution in [0.4, 0.5) is 0 Å². The van der Waals surface area contributed by atoms with Crippen LogP contribution in [0.25, 0.3) is 0 Å². The number of methoxy groups -OCH3 is 1. The number of carbonyl (C=O) groups excluding carboxylic acids is 1. The van der Waals surface area contributed by atoms with Crippen molar-refractivity contribution in [3.8, 4) is 0 Å². The van der Waals surface area contributed by atoms with Crippen LogP contribution in [0.1, 0.15) is 32.1 Å². The minimum atomic E-state index is -0.0142. The Bertz CT molecular complexity index is 126. The molecule has 0 aromatic rings. The Morgan fingerprint density at radius 3 is 2.17 bits per heavy atom. The van der Waals surface area contributed by atoms with Gasteiger partial charge in [0.05, 0.1) is 13.0 Å². The molecule has 0 radical (unpaired) electrons. The van der Waals surface area contributed by atoms with E-state index in [2.05, 4.69) is 17.9 Å². The van der Waals surface area contributed by atoms with Crippen LogP contribution in [0, 0.1) is 5.92 Å². The van der Waals surface area contributed by atoms with E-state index in [-0.39, 0.29) is 11.9 Å². The van der Waals surface area contributed by atoms with E-state index in [1.807, 2.05) is 0 Å². The van der Waals surface area contributed by atoms with Gasteiger partial charge in [0.2, 0.25) is 0 Å². The number of carbonyl (C=O) groups is 1. The van der Waals surface area contributed by atoms with Gasteiger partial charge in [0.25, 0.3) is 0 Å². The molecule has 1 saturated carbocycles. The molecular formula is C10H18O2. The van der Waals surface area contributed by atoms with Gasteiger partial charge in [-0.1, -0.05) is 19.3 Å². The SMILES string of the molecule is C=C.COC(=O)C1CCCCC1. The molecule has 1 aliphatic rings. The molecule has 2 nitrogen and oxygen atoms in total. The molecule has 0 N–H and O–H groups in total. The summed E-state index contributed by atoms with van der Waals surface area (Å²) in [4.78, 5) is 10.9. The molecule has 0 amide bonds. The van der Waals surface area contributed by atoms with Crippen molar-refractivity contribution in [1.82, 2.24) is 0 Å². The van der Waals surface area contributed by atoms with Crippen LogP contribution in [-0.4, -0.2) is 13.1 Å². The summed E-state index contributed by atoms with van der Waals surface area (Å²) in [6.45, 7) is 6.00. The number of esters is 1. The second-order valence-electron chi connectivity index (χ2n) is 2.86. The summed E-state index contributed by atoms with van der Waals surface area (Å²) in [5, 5.41) is 0. The predicted octanol–water partition coefficient (Wildman–Crippen LogP) is 2.54. The molecule has 0 spiro atoms. The minimum absolute atomic E-state index is 0.0142. The number of rotatable bonds is 1. The molecule has 1 aliphatic carbocycles. The zero-order chi connectivity index (χ0) is 9.40. The lowest BCUT2D eigenvalue weighted by atomic mass is 9.89. The molecule has 0 bridgehead atoms. The van der Waals surface area contributed by atoms with Crippen LogP contribution in [0.15, 0.2) is 13.2 Å². The predicted molar refractivity (Wildman–Crippen MR) is 49.8 cm³/mol. The van der Waals surface area contributed by atoms with Crippen molar-refractivity contribution in [3.63, 3.8) is 0 Å². The van der Waals surface area contributed by atoms with Crippen molar-refractivity contribution >= 4 is 5.97 Å². The highest BCUT2D eigenvalue weighted by molar-refractivity contribution is 5.72. The smallest absolute Gasteiger partial charge is 0.308 e. The van der Waals surface area contributed by atoms with E-state index < -0.39 is 0 Å². The van der Waals surface area contributed by atoms with E-state index in [0.717, 1.165) is 12.8 Å². The summed E-state index contributed by atoms with van der Waals surface area (Å²) in [6, 6.07) is 0. The van der Waals surface area contributed by atoms with Crippen LogP contribution in [-0.2, 0) is 9.53 Å². The monoisotopic (exact) mass is 170 g/mol. The Balaban J connectivity index is 0.000000561. The molecule has 0 aliphatic heterocycles. The number of hydrogen-bond donors (Lipinski definition) is 0. The summed E-state index contributed by atoms with van der Waals surface area (Å²) in [5.41, 5.74) is 0. The Kier molecular flexibility index (Phi) is 6.44. The Morgan fingerprint density at radius 2 is 1.75 bits per heavy atom. The first kappa shape index (κ1) is 11.2. The van der Waals surface area contributed by atoms with Gasteiger partial charge >= 0.3 is 5.97 Å². The highest BCUT2D eigenvalue weighted by Crippen LogP contribution is 2.24. The van der Waals surface area contributed by atoms with Gasteiger partial charge < -0.3 is 4.74 Å². The third-order valence-corrected chi connectivity index (χ3v) is 2.14. The van der Waals surface area contributed by atoms with Crippen LogP contribution in [0.5, 0.6) is 0 Å². The number of hydrogen-bond acceptors (Lipinski definition) is 2. The average Bonchev–Trinajstić information content (AvgIpc) is 2.21. The molecule has 0 unspecified atom stereocenters. The van der Waals surface area contributed by atoms with Gasteiger partial charge in [-0.15, -0.1) is 13.2 Å². The molecule has 1 fully saturated rings. The maximum Gasteiger partial charge on any atom is 0.308 e. The van der Waals surface area contributed by atoms with E-state index in [1.165, 1.54) is 26.4 Å². The van der Waals surface area contributed by atoms with Crippen LogP contribution >= 0.6 is 0 Å². The zero-order valence-corrected chi connectivity index (χ0v) is 7.84. The van der Waals surface area contributed by atoms with Crippen molar-refractivity contribution in [2.45, 2.75) is 32.1 Å². The lowest BCUT2D eigenvalue weighted by Gasteiger charge is -2.18. The topological polar surface area (TPSA) is 26.3 Å². The molecule has 0 atom stereocenters.